The second kappa shape index (κ2) is 11.2. The van der Waals surface area contributed by atoms with Gasteiger partial charge in [-0.2, -0.15) is 0 Å². The lowest BCUT2D eigenvalue weighted by Crippen LogP contribution is -1.95. The van der Waals surface area contributed by atoms with Gasteiger partial charge in [-0.1, -0.05) is 140 Å². The zero-order chi connectivity index (χ0) is 35.3. The molecule has 0 spiro atoms. The van der Waals surface area contributed by atoms with Crippen molar-refractivity contribution in [2.24, 2.45) is 0 Å². The van der Waals surface area contributed by atoms with E-state index in [2.05, 4.69) is 203 Å². The first-order valence-corrected chi connectivity index (χ1v) is 18.7. The Morgan fingerprint density at radius 2 is 0.630 bits per heavy atom. The molecular formula is C52H32N2. The molecule has 12 aromatic rings. The minimum atomic E-state index is 1.16. The third kappa shape index (κ3) is 4.11. The van der Waals surface area contributed by atoms with Crippen LogP contribution in [-0.2, 0) is 0 Å². The summed E-state index contributed by atoms with van der Waals surface area (Å²) in [5, 5.41) is 12.9. The quantitative estimate of drug-likeness (QED) is 0.163. The van der Waals surface area contributed by atoms with Crippen molar-refractivity contribution in [2.75, 3.05) is 0 Å². The average Bonchev–Trinajstić information content (AvgIpc) is 3.76. The van der Waals surface area contributed by atoms with Gasteiger partial charge in [0, 0.05) is 32.9 Å². The van der Waals surface area contributed by atoms with E-state index in [0.29, 0.717) is 0 Å². The first-order chi connectivity index (χ1) is 26.8. The van der Waals surface area contributed by atoms with Gasteiger partial charge in [0.15, 0.2) is 0 Å². The molecule has 0 aliphatic carbocycles. The van der Waals surface area contributed by atoms with Crippen molar-refractivity contribution in [3.8, 4) is 33.6 Å². The van der Waals surface area contributed by atoms with Crippen molar-refractivity contribution in [3.63, 3.8) is 0 Å². The number of fused-ring (bicyclic) bond motifs is 6. The summed E-state index contributed by atoms with van der Waals surface area (Å²) in [5.41, 5.74) is 12.1. The maximum atomic E-state index is 2.42. The second-order valence-electron chi connectivity index (χ2n) is 14.5. The molecule has 2 nitrogen and oxygen atoms in total. The lowest BCUT2D eigenvalue weighted by Gasteiger charge is -2.19. The zero-order valence-corrected chi connectivity index (χ0v) is 29.4. The van der Waals surface area contributed by atoms with Crippen LogP contribution in [0.3, 0.4) is 0 Å². The van der Waals surface area contributed by atoms with Gasteiger partial charge in [-0.25, -0.2) is 0 Å². The number of hydrogen-bond donors (Lipinski definition) is 0. The minimum Gasteiger partial charge on any atom is -0.309 e. The molecule has 2 aromatic heterocycles. The molecule has 2 heteroatoms. The number of para-hydroxylation sites is 4. The summed E-state index contributed by atoms with van der Waals surface area (Å²) in [6.45, 7) is 0. The summed E-state index contributed by atoms with van der Waals surface area (Å²) < 4.78 is 4.78. The molecule has 0 unspecified atom stereocenters. The van der Waals surface area contributed by atoms with Gasteiger partial charge in [-0.15, -0.1) is 0 Å². The molecule has 0 bridgehead atoms. The van der Waals surface area contributed by atoms with Gasteiger partial charge in [0.2, 0.25) is 0 Å². The van der Waals surface area contributed by atoms with Crippen molar-refractivity contribution in [2.45, 2.75) is 0 Å². The summed E-state index contributed by atoms with van der Waals surface area (Å²) in [6, 6.07) is 71.5. The third-order valence-electron chi connectivity index (χ3n) is 11.7. The summed E-state index contributed by atoms with van der Waals surface area (Å²) >= 11 is 0. The smallest absolute Gasteiger partial charge is 0.0541 e. The SMILES string of the molecule is c1cc2ccc3c(-c4ccc(-n5c6ccccc6c6ccccc65)cc4)cc(-c4ccc(-n5c6ccccc6c6ccccc65)cc4)c4ccc(c1)c2c34. The molecule has 10 aromatic carbocycles. The molecule has 0 radical (unpaired) electrons. The molecule has 54 heavy (non-hydrogen) atoms. The van der Waals surface area contributed by atoms with Gasteiger partial charge in [-0.05, 0) is 109 Å². The van der Waals surface area contributed by atoms with Gasteiger partial charge in [-0.3, -0.25) is 0 Å². The highest BCUT2D eigenvalue weighted by molar-refractivity contribution is 6.28. The molecular weight excluding hydrogens is 653 g/mol. The van der Waals surface area contributed by atoms with Gasteiger partial charge < -0.3 is 9.13 Å². The molecule has 0 fully saturated rings. The number of benzene rings is 10. The fraction of sp³-hybridized carbons (Fsp3) is 0. The highest BCUT2D eigenvalue weighted by atomic mass is 15.0. The molecule has 0 aliphatic rings. The van der Waals surface area contributed by atoms with Crippen LogP contribution in [0.25, 0.3) is 110 Å². The Morgan fingerprint density at radius 1 is 0.259 bits per heavy atom. The number of nitrogens with zero attached hydrogens (tertiary/aromatic N) is 2. The van der Waals surface area contributed by atoms with Gasteiger partial charge in [0.1, 0.15) is 0 Å². The van der Waals surface area contributed by atoms with Gasteiger partial charge >= 0.3 is 0 Å². The average molecular weight is 685 g/mol. The summed E-state index contributed by atoms with van der Waals surface area (Å²) in [6.07, 6.45) is 0. The van der Waals surface area contributed by atoms with Crippen LogP contribution < -0.4 is 0 Å². The highest BCUT2D eigenvalue weighted by Gasteiger charge is 2.18. The predicted octanol–water partition coefficient (Wildman–Crippen LogP) is 14.1. The normalized spacial score (nSPS) is 12.1. The number of rotatable bonds is 4. The lowest BCUT2D eigenvalue weighted by molar-refractivity contribution is 1.18. The largest absolute Gasteiger partial charge is 0.309 e. The van der Waals surface area contributed by atoms with Crippen molar-refractivity contribution >= 4 is 75.9 Å². The van der Waals surface area contributed by atoms with Crippen LogP contribution in [0.1, 0.15) is 0 Å². The third-order valence-corrected chi connectivity index (χ3v) is 11.7. The molecule has 250 valence electrons. The van der Waals surface area contributed by atoms with Crippen molar-refractivity contribution in [3.05, 3.63) is 194 Å². The molecule has 0 saturated carbocycles. The molecule has 2 heterocycles. The Bertz CT molecular complexity index is 3090. The first-order valence-electron chi connectivity index (χ1n) is 18.7. The second-order valence-corrected chi connectivity index (χ2v) is 14.5. The summed E-state index contributed by atoms with van der Waals surface area (Å²) in [7, 11) is 0. The van der Waals surface area contributed by atoms with Crippen molar-refractivity contribution in [1.82, 2.24) is 9.13 Å². The Kier molecular flexibility index (Phi) is 6.09. The van der Waals surface area contributed by atoms with E-state index in [1.54, 1.807) is 0 Å². The van der Waals surface area contributed by atoms with E-state index < -0.39 is 0 Å². The fourth-order valence-corrected chi connectivity index (χ4v) is 9.29. The molecule has 0 saturated heterocycles. The summed E-state index contributed by atoms with van der Waals surface area (Å²) in [4.78, 5) is 0. The highest BCUT2D eigenvalue weighted by Crippen LogP contribution is 2.45. The molecule has 0 amide bonds. The Labute approximate surface area is 311 Å². The van der Waals surface area contributed by atoms with E-state index in [-0.39, 0.29) is 0 Å². The van der Waals surface area contributed by atoms with Crippen LogP contribution in [0.5, 0.6) is 0 Å². The van der Waals surface area contributed by atoms with E-state index in [0.717, 1.165) is 11.4 Å². The molecule has 0 aliphatic heterocycles. The topological polar surface area (TPSA) is 9.86 Å². The maximum Gasteiger partial charge on any atom is 0.0541 e. The van der Waals surface area contributed by atoms with Crippen LogP contribution in [0.15, 0.2) is 194 Å². The van der Waals surface area contributed by atoms with Crippen LogP contribution in [0.2, 0.25) is 0 Å². The van der Waals surface area contributed by atoms with Crippen LogP contribution >= 0.6 is 0 Å². The number of aromatic nitrogens is 2. The van der Waals surface area contributed by atoms with E-state index in [9.17, 15) is 0 Å². The van der Waals surface area contributed by atoms with Crippen LogP contribution in [0.4, 0.5) is 0 Å². The van der Waals surface area contributed by atoms with Crippen LogP contribution in [0, 0.1) is 0 Å². The van der Waals surface area contributed by atoms with Crippen LogP contribution in [-0.4, -0.2) is 9.13 Å². The Hall–Kier alpha value is -7.16. The predicted molar refractivity (Wildman–Crippen MR) is 230 cm³/mol. The van der Waals surface area contributed by atoms with E-state index in [4.69, 9.17) is 0 Å². The lowest BCUT2D eigenvalue weighted by atomic mass is 9.85. The Morgan fingerprint density at radius 3 is 1.02 bits per heavy atom. The first kappa shape index (κ1) is 29.4. The molecule has 12 rings (SSSR count). The minimum absolute atomic E-state index is 1.16. The van der Waals surface area contributed by atoms with E-state index >= 15 is 0 Å². The zero-order valence-electron chi connectivity index (χ0n) is 29.4. The molecule has 0 N–H and O–H groups in total. The van der Waals surface area contributed by atoms with Gasteiger partial charge in [0.25, 0.3) is 0 Å². The number of hydrogen-bond acceptors (Lipinski definition) is 0. The fourth-order valence-electron chi connectivity index (χ4n) is 9.29. The Balaban J connectivity index is 1.06. The van der Waals surface area contributed by atoms with E-state index in [1.165, 1.54) is 98.2 Å². The van der Waals surface area contributed by atoms with Crippen molar-refractivity contribution < 1.29 is 0 Å². The van der Waals surface area contributed by atoms with Crippen molar-refractivity contribution in [1.29, 1.82) is 0 Å². The maximum absolute atomic E-state index is 2.42. The molecule has 0 atom stereocenters. The summed E-state index contributed by atoms with van der Waals surface area (Å²) in [5.74, 6) is 0. The van der Waals surface area contributed by atoms with Gasteiger partial charge in [0.05, 0.1) is 22.1 Å². The monoisotopic (exact) mass is 684 g/mol. The van der Waals surface area contributed by atoms with E-state index in [1.807, 2.05) is 0 Å². The standard InChI is InChI=1S/C52H32N2/c1-5-16-47-39(12-1)40-13-2-6-17-48(40)53(47)37-26-20-33(21-27-37)45-32-46(44-31-25-36-11-9-10-35-24-30-43(45)52(44)51(35)36)34-22-28-38(29-23-34)54-49-18-7-3-14-41(49)42-15-4-8-19-50(42)54/h1-32H.